The van der Waals surface area contributed by atoms with Crippen LogP contribution < -0.4 is 14.6 Å². The average molecular weight is 404 g/mol. The molecule has 3 aromatic carbocycles. The Morgan fingerprint density at radius 3 is 2.34 bits per heavy atom. The number of hydrogen-bond acceptors (Lipinski definition) is 2. The maximum Gasteiger partial charge on any atom is 0.255 e. The van der Waals surface area contributed by atoms with Gasteiger partial charge in [-0.2, -0.15) is 0 Å². The number of halogens is 1. The monoisotopic (exact) mass is 403 g/mol. The van der Waals surface area contributed by atoms with Gasteiger partial charge >= 0.3 is 0 Å². The van der Waals surface area contributed by atoms with Gasteiger partial charge < -0.3 is 10.1 Å². The van der Waals surface area contributed by atoms with E-state index in [1.165, 1.54) is 0 Å². The van der Waals surface area contributed by atoms with E-state index < -0.39 is 0 Å². The topological polar surface area (TPSA) is 42.2 Å². The van der Waals surface area contributed by atoms with Crippen LogP contribution in [0, 0.1) is 0 Å². The molecule has 4 rings (SSSR count). The number of methoxy groups -OCH3 is 1. The number of carbonyl (C=O) groups is 1. The zero-order valence-corrected chi connectivity index (χ0v) is 16.7. The summed E-state index contributed by atoms with van der Waals surface area (Å²) in [6.45, 7) is 0.736. The number of nitrogens with zero attached hydrogens (tertiary/aromatic N) is 1. The molecule has 0 aliphatic carbocycles. The second-order valence-electron chi connectivity index (χ2n) is 6.77. The van der Waals surface area contributed by atoms with E-state index in [-0.39, 0.29) is 5.91 Å². The highest BCUT2D eigenvalue weighted by Gasteiger charge is 2.09. The molecule has 144 valence electrons. The summed E-state index contributed by atoms with van der Waals surface area (Å²) in [5.74, 6) is 0.657. The molecule has 0 radical (unpaired) electrons. The molecule has 0 spiro atoms. The molecule has 1 N–H and O–H groups in total. The number of fused-ring (bicyclic) bond motifs is 1. The molecule has 1 heterocycles. The quantitative estimate of drug-likeness (QED) is 0.471. The minimum atomic E-state index is -0.141. The van der Waals surface area contributed by atoms with Crippen LogP contribution in [-0.2, 0) is 6.54 Å². The smallest absolute Gasteiger partial charge is 0.255 e. The molecule has 5 heteroatoms. The van der Waals surface area contributed by atoms with Gasteiger partial charge in [0.25, 0.3) is 5.91 Å². The molecular weight excluding hydrogens is 384 g/mol. The van der Waals surface area contributed by atoms with Crippen LogP contribution in [0.2, 0.25) is 5.02 Å². The van der Waals surface area contributed by atoms with Crippen LogP contribution in [0.15, 0.2) is 85.2 Å². The predicted molar refractivity (Wildman–Crippen MR) is 116 cm³/mol. The summed E-state index contributed by atoms with van der Waals surface area (Å²) in [6.07, 6.45) is 3.88. The summed E-state index contributed by atoms with van der Waals surface area (Å²) in [4.78, 5) is 12.6. The van der Waals surface area contributed by atoms with Gasteiger partial charge in [0.1, 0.15) is 5.75 Å². The van der Waals surface area contributed by atoms with E-state index in [9.17, 15) is 4.79 Å². The molecule has 29 heavy (non-hydrogen) atoms. The van der Waals surface area contributed by atoms with Gasteiger partial charge in [-0.15, -0.1) is 0 Å². The van der Waals surface area contributed by atoms with E-state index in [0.29, 0.717) is 5.56 Å². The van der Waals surface area contributed by atoms with Crippen LogP contribution in [0.3, 0.4) is 0 Å². The number of aromatic nitrogens is 1. The average Bonchev–Trinajstić information content (AvgIpc) is 2.76. The number of benzene rings is 3. The molecule has 0 fully saturated rings. The van der Waals surface area contributed by atoms with Gasteiger partial charge in [0.2, 0.25) is 0 Å². The van der Waals surface area contributed by atoms with Crippen molar-refractivity contribution in [1.29, 1.82) is 0 Å². The van der Waals surface area contributed by atoms with Crippen molar-refractivity contribution in [3.05, 3.63) is 101 Å². The van der Waals surface area contributed by atoms with Gasteiger partial charge in [-0.25, -0.2) is 4.57 Å². The lowest BCUT2D eigenvalue weighted by Crippen LogP contribution is -2.33. The van der Waals surface area contributed by atoms with Gasteiger partial charge in [0, 0.05) is 28.3 Å². The number of pyridine rings is 1. The third-order valence-electron chi connectivity index (χ3n) is 4.74. The van der Waals surface area contributed by atoms with Crippen molar-refractivity contribution in [1.82, 2.24) is 0 Å². The van der Waals surface area contributed by atoms with Crippen LogP contribution in [0.5, 0.6) is 5.75 Å². The van der Waals surface area contributed by atoms with Crippen molar-refractivity contribution in [3.8, 4) is 5.75 Å². The summed E-state index contributed by atoms with van der Waals surface area (Å²) < 4.78 is 7.29. The summed E-state index contributed by atoms with van der Waals surface area (Å²) in [7, 11) is 1.64. The van der Waals surface area contributed by atoms with Crippen molar-refractivity contribution in [2.75, 3.05) is 12.4 Å². The zero-order valence-electron chi connectivity index (χ0n) is 15.9. The van der Waals surface area contributed by atoms with Crippen LogP contribution in [0.1, 0.15) is 15.9 Å². The van der Waals surface area contributed by atoms with Gasteiger partial charge in [-0.1, -0.05) is 35.9 Å². The highest BCUT2D eigenvalue weighted by Crippen LogP contribution is 2.22. The van der Waals surface area contributed by atoms with E-state index >= 15 is 0 Å². The highest BCUT2D eigenvalue weighted by atomic mass is 35.5. The number of anilines is 1. The van der Waals surface area contributed by atoms with Crippen molar-refractivity contribution in [3.63, 3.8) is 0 Å². The lowest BCUT2D eigenvalue weighted by Gasteiger charge is -2.07. The van der Waals surface area contributed by atoms with Crippen molar-refractivity contribution >= 4 is 34.0 Å². The first-order chi connectivity index (χ1) is 14.1. The van der Waals surface area contributed by atoms with E-state index in [1.54, 1.807) is 7.11 Å². The third kappa shape index (κ3) is 4.55. The molecule has 0 aliphatic rings. The minimum Gasteiger partial charge on any atom is -0.497 e. The predicted octanol–water partition coefficient (Wildman–Crippen LogP) is 5.09. The SMILES string of the molecule is COc1ccc2cc(C(=O)Nc3cc[n+](Cc4ccc(Cl)cc4)cc3)ccc2c1. The standard InChI is InChI=1S/C24H19ClN2O2/c1-29-23-9-6-18-14-20(5-4-19(18)15-23)24(28)26-22-10-12-27(13-11-22)16-17-2-7-21(25)8-3-17/h2-15H,16H2,1H3/p+1. The molecule has 0 unspecified atom stereocenters. The van der Waals surface area contributed by atoms with Gasteiger partial charge in [-0.05, 0) is 47.2 Å². The van der Waals surface area contributed by atoms with E-state index in [0.717, 1.165) is 39.3 Å². The number of nitrogens with one attached hydrogen (secondary N) is 1. The maximum absolute atomic E-state index is 12.6. The Balaban J connectivity index is 1.45. The lowest BCUT2D eigenvalue weighted by atomic mass is 10.1. The van der Waals surface area contributed by atoms with Gasteiger partial charge in [0.15, 0.2) is 18.9 Å². The molecule has 4 aromatic rings. The normalized spacial score (nSPS) is 10.7. The molecule has 1 aromatic heterocycles. The van der Waals surface area contributed by atoms with E-state index in [4.69, 9.17) is 16.3 Å². The number of carbonyl (C=O) groups excluding carboxylic acids is 1. The molecular formula is C24H20ClN2O2+. The Hall–Kier alpha value is -3.37. The fraction of sp³-hybridized carbons (Fsp3) is 0.0833. The van der Waals surface area contributed by atoms with Crippen molar-refractivity contribution in [2.45, 2.75) is 6.54 Å². The first kappa shape index (κ1) is 19.0. The van der Waals surface area contributed by atoms with Crippen LogP contribution in [-0.4, -0.2) is 13.0 Å². The largest absolute Gasteiger partial charge is 0.497 e. The van der Waals surface area contributed by atoms with E-state index in [2.05, 4.69) is 5.32 Å². The lowest BCUT2D eigenvalue weighted by molar-refractivity contribution is -0.688. The Morgan fingerprint density at radius 1 is 0.931 bits per heavy atom. The second-order valence-corrected chi connectivity index (χ2v) is 7.20. The summed E-state index contributed by atoms with van der Waals surface area (Å²) in [5, 5.41) is 5.70. The summed E-state index contributed by atoms with van der Waals surface area (Å²) in [6, 6.07) is 23.0. The Kier molecular flexibility index (Phi) is 5.45. The van der Waals surface area contributed by atoms with Crippen molar-refractivity contribution < 1.29 is 14.1 Å². The zero-order chi connectivity index (χ0) is 20.2. The fourth-order valence-electron chi connectivity index (χ4n) is 3.14. The Bertz CT molecular complexity index is 1160. The first-order valence-corrected chi connectivity index (χ1v) is 9.61. The molecule has 4 nitrogen and oxygen atoms in total. The molecule has 0 aliphatic heterocycles. The maximum atomic E-state index is 12.6. The molecule has 0 bridgehead atoms. The van der Waals surface area contributed by atoms with E-state index in [1.807, 2.05) is 89.8 Å². The van der Waals surface area contributed by atoms with Gasteiger partial charge in [0.05, 0.1) is 12.8 Å². The van der Waals surface area contributed by atoms with Gasteiger partial charge in [-0.3, -0.25) is 4.79 Å². The Morgan fingerprint density at radius 2 is 1.62 bits per heavy atom. The van der Waals surface area contributed by atoms with Crippen LogP contribution in [0.4, 0.5) is 5.69 Å². The van der Waals surface area contributed by atoms with Crippen LogP contribution in [0.25, 0.3) is 10.8 Å². The minimum absolute atomic E-state index is 0.141. The number of ether oxygens (including phenoxy) is 1. The van der Waals surface area contributed by atoms with Crippen LogP contribution >= 0.6 is 11.6 Å². The molecule has 0 saturated heterocycles. The number of rotatable bonds is 5. The second kappa shape index (κ2) is 8.33. The van der Waals surface area contributed by atoms with Crippen molar-refractivity contribution in [2.24, 2.45) is 0 Å². The molecule has 1 amide bonds. The highest BCUT2D eigenvalue weighted by molar-refractivity contribution is 6.30. The Labute approximate surface area is 174 Å². The number of amides is 1. The first-order valence-electron chi connectivity index (χ1n) is 9.23. The molecule has 0 atom stereocenters. The fourth-order valence-corrected chi connectivity index (χ4v) is 3.27. The number of hydrogen-bond donors (Lipinski definition) is 1. The molecule has 0 saturated carbocycles. The third-order valence-corrected chi connectivity index (χ3v) is 4.99. The summed E-state index contributed by atoms with van der Waals surface area (Å²) in [5.41, 5.74) is 2.52. The summed E-state index contributed by atoms with van der Waals surface area (Å²) >= 11 is 5.93.